The molecule has 0 aliphatic carbocycles. The van der Waals surface area contributed by atoms with Crippen LogP contribution in [0.1, 0.15) is 36.6 Å². The summed E-state index contributed by atoms with van der Waals surface area (Å²) in [4.78, 5) is 0. The number of nitrogens with one attached hydrogen (secondary N) is 1. The van der Waals surface area contributed by atoms with Gasteiger partial charge in [0.15, 0.2) is 0 Å². The lowest BCUT2D eigenvalue weighted by Crippen LogP contribution is -2.31. The average molecular weight is 283 g/mol. The molecule has 2 aromatic carbocycles. The van der Waals surface area contributed by atoms with E-state index in [-0.39, 0.29) is 0 Å². The van der Waals surface area contributed by atoms with E-state index >= 15 is 0 Å². The van der Waals surface area contributed by atoms with Crippen LogP contribution in [0.15, 0.2) is 48.5 Å². The SMILES string of the molecule is COc1ccccc1CC(C)NC(C)c1ccccc1C. The summed E-state index contributed by atoms with van der Waals surface area (Å²) in [5.41, 5.74) is 3.95. The fourth-order valence-electron chi connectivity index (χ4n) is 2.85. The second kappa shape index (κ2) is 7.28. The smallest absolute Gasteiger partial charge is 0.122 e. The van der Waals surface area contributed by atoms with E-state index in [9.17, 15) is 0 Å². The fourth-order valence-corrected chi connectivity index (χ4v) is 2.85. The van der Waals surface area contributed by atoms with Crippen molar-refractivity contribution in [3.05, 3.63) is 65.2 Å². The summed E-state index contributed by atoms with van der Waals surface area (Å²) in [7, 11) is 1.73. The number of hydrogen-bond acceptors (Lipinski definition) is 2. The minimum absolute atomic E-state index is 0.343. The number of benzene rings is 2. The van der Waals surface area contributed by atoms with Crippen molar-refractivity contribution in [2.75, 3.05) is 7.11 Å². The number of methoxy groups -OCH3 is 1. The van der Waals surface area contributed by atoms with Crippen LogP contribution in [0, 0.1) is 6.92 Å². The second-order valence-corrected chi connectivity index (χ2v) is 5.66. The van der Waals surface area contributed by atoms with Gasteiger partial charge in [-0.25, -0.2) is 0 Å². The van der Waals surface area contributed by atoms with Crippen molar-refractivity contribution >= 4 is 0 Å². The van der Waals surface area contributed by atoms with Crippen LogP contribution in [0.3, 0.4) is 0 Å². The zero-order chi connectivity index (χ0) is 15.2. The zero-order valence-corrected chi connectivity index (χ0v) is 13.4. The molecule has 21 heavy (non-hydrogen) atoms. The van der Waals surface area contributed by atoms with Gasteiger partial charge in [-0.05, 0) is 49.9 Å². The average Bonchev–Trinajstić information content (AvgIpc) is 2.48. The molecule has 2 rings (SSSR count). The standard InChI is InChI=1S/C19H25NO/c1-14-9-5-7-11-18(14)16(3)20-15(2)13-17-10-6-8-12-19(17)21-4/h5-12,15-16,20H,13H2,1-4H3. The largest absolute Gasteiger partial charge is 0.496 e. The van der Waals surface area contributed by atoms with Crippen molar-refractivity contribution in [2.45, 2.75) is 39.3 Å². The zero-order valence-electron chi connectivity index (χ0n) is 13.4. The molecule has 0 saturated carbocycles. The molecule has 0 heterocycles. The topological polar surface area (TPSA) is 21.3 Å². The Morgan fingerprint density at radius 2 is 1.67 bits per heavy atom. The van der Waals surface area contributed by atoms with Crippen molar-refractivity contribution in [3.63, 3.8) is 0 Å². The summed E-state index contributed by atoms with van der Waals surface area (Å²) in [6.45, 7) is 6.61. The van der Waals surface area contributed by atoms with E-state index < -0.39 is 0 Å². The molecular formula is C19H25NO. The predicted octanol–water partition coefficient (Wildman–Crippen LogP) is 4.29. The van der Waals surface area contributed by atoms with Gasteiger partial charge in [0.25, 0.3) is 0 Å². The van der Waals surface area contributed by atoms with Gasteiger partial charge in [0.05, 0.1) is 7.11 Å². The third-order valence-electron chi connectivity index (χ3n) is 3.91. The highest BCUT2D eigenvalue weighted by Gasteiger charge is 2.13. The van der Waals surface area contributed by atoms with Crippen molar-refractivity contribution in [3.8, 4) is 5.75 Å². The molecule has 0 saturated heterocycles. The maximum absolute atomic E-state index is 5.43. The van der Waals surface area contributed by atoms with Gasteiger partial charge in [-0.3, -0.25) is 0 Å². The minimum Gasteiger partial charge on any atom is -0.496 e. The third kappa shape index (κ3) is 4.08. The quantitative estimate of drug-likeness (QED) is 0.854. The predicted molar refractivity (Wildman–Crippen MR) is 88.9 cm³/mol. The first-order valence-electron chi connectivity index (χ1n) is 7.55. The van der Waals surface area contributed by atoms with E-state index in [0.717, 1.165) is 12.2 Å². The first-order chi connectivity index (χ1) is 10.1. The normalized spacial score (nSPS) is 13.7. The van der Waals surface area contributed by atoms with Gasteiger partial charge in [-0.2, -0.15) is 0 Å². The van der Waals surface area contributed by atoms with Gasteiger partial charge >= 0.3 is 0 Å². The van der Waals surface area contributed by atoms with Crippen molar-refractivity contribution in [2.24, 2.45) is 0 Å². The van der Waals surface area contributed by atoms with Crippen LogP contribution in [0.4, 0.5) is 0 Å². The van der Waals surface area contributed by atoms with E-state index in [1.165, 1.54) is 16.7 Å². The van der Waals surface area contributed by atoms with E-state index in [1.807, 2.05) is 12.1 Å². The van der Waals surface area contributed by atoms with E-state index in [0.29, 0.717) is 12.1 Å². The van der Waals surface area contributed by atoms with E-state index in [2.05, 4.69) is 62.5 Å². The Kier molecular flexibility index (Phi) is 5.40. The van der Waals surface area contributed by atoms with Crippen LogP contribution in [-0.4, -0.2) is 13.2 Å². The molecule has 0 aliphatic heterocycles. The summed E-state index contributed by atoms with van der Waals surface area (Å²) < 4.78 is 5.43. The monoisotopic (exact) mass is 283 g/mol. The summed E-state index contributed by atoms with van der Waals surface area (Å²) in [5, 5.41) is 3.68. The van der Waals surface area contributed by atoms with Crippen LogP contribution in [0.25, 0.3) is 0 Å². The number of rotatable bonds is 6. The molecule has 0 bridgehead atoms. The molecule has 0 spiro atoms. The van der Waals surface area contributed by atoms with Crippen molar-refractivity contribution in [1.29, 1.82) is 0 Å². The lowest BCUT2D eigenvalue weighted by Gasteiger charge is -2.22. The fraction of sp³-hybridized carbons (Fsp3) is 0.368. The highest BCUT2D eigenvalue weighted by atomic mass is 16.5. The number of para-hydroxylation sites is 1. The molecule has 1 N–H and O–H groups in total. The van der Waals surface area contributed by atoms with Gasteiger partial charge in [0.1, 0.15) is 5.75 Å². The Balaban J connectivity index is 2.01. The molecule has 2 heteroatoms. The van der Waals surface area contributed by atoms with E-state index in [1.54, 1.807) is 7.11 Å². The van der Waals surface area contributed by atoms with E-state index in [4.69, 9.17) is 4.74 Å². The molecule has 0 aliphatic rings. The Bertz CT molecular complexity index is 579. The number of aryl methyl sites for hydroxylation is 1. The third-order valence-corrected chi connectivity index (χ3v) is 3.91. The van der Waals surface area contributed by atoms with Gasteiger partial charge in [0, 0.05) is 12.1 Å². The molecule has 2 aromatic rings. The summed E-state index contributed by atoms with van der Waals surface area (Å²) in [5.74, 6) is 0.967. The molecule has 0 aromatic heterocycles. The molecular weight excluding hydrogens is 258 g/mol. The lowest BCUT2D eigenvalue weighted by molar-refractivity contribution is 0.403. The first-order valence-corrected chi connectivity index (χ1v) is 7.55. The highest BCUT2D eigenvalue weighted by Crippen LogP contribution is 2.21. The molecule has 2 atom stereocenters. The summed E-state index contributed by atoms with van der Waals surface area (Å²) in [6.07, 6.45) is 0.959. The maximum Gasteiger partial charge on any atom is 0.122 e. The summed E-state index contributed by atoms with van der Waals surface area (Å²) in [6, 6.07) is 17.5. The van der Waals surface area contributed by atoms with Crippen LogP contribution in [-0.2, 0) is 6.42 Å². The van der Waals surface area contributed by atoms with Crippen LogP contribution in [0.2, 0.25) is 0 Å². The van der Waals surface area contributed by atoms with Crippen LogP contribution >= 0.6 is 0 Å². The second-order valence-electron chi connectivity index (χ2n) is 5.66. The van der Waals surface area contributed by atoms with Gasteiger partial charge < -0.3 is 10.1 Å². The number of hydrogen-bond donors (Lipinski definition) is 1. The summed E-state index contributed by atoms with van der Waals surface area (Å²) >= 11 is 0. The first kappa shape index (κ1) is 15.6. The molecule has 0 radical (unpaired) electrons. The molecule has 0 amide bonds. The van der Waals surface area contributed by atoms with Gasteiger partial charge in [-0.15, -0.1) is 0 Å². The van der Waals surface area contributed by atoms with Crippen LogP contribution in [0.5, 0.6) is 5.75 Å². The highest BCUT2D eigenvalue weighted by molar-refractivity contribution is 5.34. The molecule has 2 unspecified atom stereocenters. The molecule has 112 valence electrons. The van der Waals surface area contributed by atoms with Gasteiger partial charge in [-0.1, -0.05) is 42.5 Å². The lowest BCUT2D eigenvalue weighted by atomic mass is 10.0. The Hall–Kier alpha value is -1.80. The van der Waals surface area contributed by atoms with Crippen LogP contribution < -0.4 is 10.1 Å². The van der Waals surface area contributed by atoms with Gasteiger partial charge in [0.2, 0.25) is 0 Å². The Labute approximate surface area is 128 Å². The Morgan fingerprint density at radius 1 is 1.00 bits per heavy atom. The maximum atomic E-state index is 5.43. The Morgan fingerprint density at radius 3 is 2.38 bits per heavy atom. The molecule has 0 fully saturated rings. The minimum atomic E-state index is 0.343. The van der Waals surface area contributed by atoms with Crippen molar-refractivity contribution in [1.82, 2.24) is 5.32 Å². The molecule has 2 nitrogen and oxygen atoms in total. The van der Waals surface area contributed by atoms with Crippen molar-refractivity contribution < 1.29 is 4.74 Å². The number of ether oxygens (including phenoxy) is 1.